The third-order valence-electron chi connectivity index (χ3n) is 2.60. The molecule has 0 amide bonds. The molecule has 0 aliphatic carbocycles. The normalized spacial score (nSPS) is 11.1. The lowest BCUT2D eigenvalue weighted by Gasteiger charge is -2.10. The van der Waals surface area contributed by atoms with Crippen LogP contribution in [0.4, 0.5) is 17.6 Å². The van der Waals surface area contributed by atoms with Crippen LogP contribution in [0.2, 0.25) is 0 Å². The maximum atomic E-state index is 14.0. The molecule has 2 aromatic carbocycles. The van der Waals surface area contributed by atoms with Crippen molar-refractivity contribution in [2.75, 3.05) is 0 Å². The van der Waals surface area contributed by atoms with Crippen LogP contribution in [0.5, 0.6) is 11.5 Å². The summed E-state index contributed by atoms with van der Waals surface area (Å²) in [5.41, 5.74) is 0.524. The summed E-state index contributed by atoms with van der Waals surface area (Å²) in [5.74, 6) is -1.59. The maximum Gasteiger partial charge on any atom is 0.573 e. The number of hydrogen-bond acceptors (Lipinski definition) is 3. The molecule has 0 radical (unpaired) electrons. The zero-order chi connectivity index (χ0) is 16.3. The average molecular weight is 314 g/mol. The van der Waals surface area contributed by atoms with Gasteiger partial charge in [-0.3, -0.25) is 4.79 Å². The molecule has 0 atom stereocenters. The van der Waals surface area contributed by atoms with Crippen molar-refractivity contribution in [3.63, 3.8) is 0 Å². The van der Waals surface area contributed by atoms with Crippen molar-refractivity contribution in [3.8, 4) is 22.6 Å². The summed E-state index contributed by atoms with van der Waals surface area (Å²) >= 11 is 0. The van der Waals surface area contributed by atoms with Gasteiger partial charge in [0.15, 0.2) is 0 Å². The smallest absolute Gasteiger partial charge is 0.427 e. The van der Waals surface area contributed by atoms with Crippen molar-refractivity contribution in [1.29, 1.82) is 0 Å². The molecule has 22 heavy (non-hydrogen) atoms. The zero-order valence-electron chi connectivity index (χ0n) is 11.3. The minimum Gasteiger partial charge on any atom is -0.427 e. The Bertz CT molecular complexity index is 678. The molecular weight excluding hydrogens is 304 g/mol. The van der Waals surface area contributed by atoms with E-state index in [1.54, 1.807) is 0 Å². The summed E-state index contributed by atoms with van der Waals surface area (Å²) in [4.78, 5) is 10.8. The highest BCUT2D eigenvalue weighted by Crippen LogP contribution is 2.29. The quantitative estimate of drug-likeness (QED) is 0.481. The van der Waals surface area contributed by atoms with Crippen LogP contribution in [0.25, 0.3) is 11.1 Å². The molecule has 0 bridgehead atoms. The summed E-state index contributed by atoms with van der Waals surface area (Å²) in [6, 6.07) is 8.55. The van der Waals surface area contributed by atoms with Crippen LogP contribution in [0.15, 0.2) is 42.5 Å². The Kier molecular flexibility index (Phi) is 4.35. The number of esters is 1. The van der Waals surface area contributed by atoms with E-state index in [2.05, 4.69) is 4.74 Å². The summed E-state index contributed by atoms with van der Waals surface area (Å²) in [5, 5.41) is 0. The Morgan fingerprint density at radius 2 is 1.59 bits per heavy atom. The van der Waals surface area contributed by atoms with E-state index >= 15 is 0 Å². The van der Waals surface area contributed by atoms with Crippen LogP contribution >= 0.6 is 0 Å². The van der Waals surface area contributed by atoms with E-state index in [1.807, 2.05) is 0 Å². The van der Waals surface area contributed by atoms with Gasteiger partial charge in [0.25, 0.3) is 0 Å². The Balaban J connectivity index is 2.23. The molecule has 0 aliphatic heterocycles. The zero-order valence-corrected chi connectivity index (χ0v) is 11.3. The number of rotatable bonds is 3. The molecule has 0 heterocycles. The van der Waals surface area contributed by atoms with E-state index in [9.17, 15) is 22.4 Å². The molecule has 0 saturated carbocycles. The van der Waals surface area contributed by atoms with Crippen molar-refractivity contribution >= 4 is 5.97 Å². The second kappa shape index (κ2) is 6.05. The van der Waals surface area contributed by atoms with Gasteiger partial charge in [0, 0.05) is 18.6 Å². The van der Waals surface area contributed by atoms with E-state index in [0.717, 1.165) is 18.2 Å². The molecule has 2 aromatic rings. The van der Waals surface area contributed by atoms with Gasteiger partial charge in [0.05, 0.1) is 0 Å². The number of alkyl halides is 3. The van der Waals surface area contributed by atoms with E-state index in [0.29, 0.717) is 5.56 Å². The van der Waals surface area contributed by atoms with Crippen molar-refractivity contribution < 1.29 is 31.8 Å². The first kappa shape index (κ1) is 15.8. The van der Waals surface area contributed by atoms with Crippen LogP contribution in [0.3, 0.4) is 0 Å². The fourth-order valence-corrected chi connectivity index (χ4v) is 1.80. The van der Waals surface area contributed by atoms with Gasteiger partial charge in [-0.15, -0.1) is 13.2 Å². The molecule has 0 fully saturated rings. The van der Waals surface area contributed by atoms with Crippen molar-refractivity contribution in [2.45, 2.75) is 13.3 Å². The van der Waals surface area contributed by atoms with E-state index < -0.39 is 23.9 Å². The second-order valence-corrected chi connectivity index (χ2v) is 4.31. The van der Waals surface area contributed by atoms with Gasteiger partial charge in [0.2, 0.25) is 0 Å². The third-order valence-corrected chi connectivity index (χ3v) is 2.60. The minimum absolute atomic E-state index is 0.0470. The highest BCUT2D eigenvalue weighted by molar-refractivity contribution is 5.70. The largest absolute Gasteiger partial charge is 0.573 e. The van der Waals surface area contributed by atoms with Crippen molar-refractivity contribution in [1.82, 2.24) is 0 Å². The molecule has 0 N–H and O–H groups in total. The summed E-state index contributed by atoms with van der Waals surface area (Å²) in [6.07, 6.45) is -4.78. The van der Waals surface area contributed by atoms with Crippen LogP contribution in [-0.4, -0.2) is 12.3 Å². The number of carbonyl (C=O) groups is 1. The lowest BCUT2D eigenvalue weighted by atomic mass is 10.0. The lowest BCUT2D eigenvalue weighted by molar-refractivity contribution is -0.274. The minimum atomic E-state index is -4.78. The molecular formula is C15H10F4O3. The molecule has 116 valence electrons. The standard InChI is InChI=1S/C15H10F4O3/c1-9(20)21-12-6-7-13(14(16)8-12)10-2-4-11(5-3-10)22-15(17,18)19/h2-8H,1H3. The SMILES string of the molecule is CC(=O)Oc1ccc(-c2ccc(OC(F)(F)F)cc2)c(F)c1. The van der Waals surface area contributed by atoms with Crippen molar-refractivity contribution in [2.24, 2.45) is 0 Å². The Morgan fingerprint density at radius 1 is 1.00 bits per heavy atom. The molecule has 7 heteroatoms. The first-order chi connectivity index (χ1) is 10.2. The molecule has 3 nitrogen and oxygen atoms in total. The Hall–Kier alpha value is -2.57. The first-order valence-corrected chi connectivity index (χ1v) is 6.09. The van der Waals surface area contributed by atoms with Gasteiger partial charge in [-0.05, 0) is 29.8 Å². The maximum absolute atomic E-state index is 14.0. The topological polar surface area (TPSA) is 35.5 Å². The Labute approximate surface area is 123 Å². The van der Waals surface area contributed by atoms with Crippen LogP contribution < -0.4 is 9.47 Å². The number of benzene rings is 2. The van der Waals surface area contributed by atoms with Gasteiger partial charge in [-0.1, -0.05) is 12.1 Å². The predicted molar refractivity (Wildman–Crippen MR) is 69.8 cm³/mol. The lowest BCUT2D eigenvalue weighted by Crippen LogP contribution is -2.16. The highest BCUT2D eigenvalue weighted by atomic mass is 19.4. The number of hydrogen-bond donors (Lipinski definition) is 0. The average Bonchev–Trinajstić information content (AvgIpc) is 2.37. The van der Waals surface area contributed by atoms with E-state index in [-0.39, 0.29) is 11.3 Å². The molecule has 0 aromatic heterocycles. The van der Waals surface area contributed by atoms with E-state index in [1.165, 1.54) is 31.2 Å². The van der Waals surface area contributed by atoms with Gasteiger partial charge >= 0.3 is 12.3 Å². The fraction of sp³-hybridized carbons (Fsp3) is 0.133. The molecule has 0 aliphatic rings. The second-order valence-electron chi connectivity index (χ2n) is 4.31. The van der Waals surface area contributed by atoms with E-state index in [4.69, 9.17) is 4.74 Å². The summed E-state index contributed by atoms with van der Waals surface area (Å²) in [7, 11) is 0. The van der Waals surface area contributed by atoms with Crippen LogP contribution in [0.1, 0.15) is 6.92 Å². The molecule has 0 saturated heterocycles. The third kappa shape index (κ3) is 4.21. The van der Waals surface area contributed by atoms with Gasteiger partial charge in [-0.25, -0.2) is 4.39 Å². The molecule has 0 spiro atoms. The van der Waals surface area contributed by atoms with Crippen LogP contribution in [-0.2, 0) is 4.79 Å². The predicted octanol–water partition coefficient (Wildman–Crippen LogP) is 4.32. The monoisotopic (exact) mass is 314 g/mol. The molecule has 2 rings (SSSR count). The Morgan fingerprint density at radius 3 is 2.09 bits per heavy atom. The number of ether oxygens (including phenoxy) is 2. The highest BCUT2D eigenvalue weighted by Gasteiger charge is 2.30. The molecule has 0 unspecified atom stereocenters. The number of halogens is 4. The first-order valence-electron chi connectivity index (χ1n) is 6.09. The fourth-order valence-electron chi connectivity index (χ4n) is 1.80. The summed E-state index contributed by atoms with van der Waals surface area (Å²) < 4.78 is 58.6. The van der Waals surface area contributed by atoms with Gasteiger partial charge in [-0.2, -0.15) is 0 Å². The van der Waals surface area contributed by atoms with Gasteiger partial charge < -0.3 is 9.47 Å². The number of carbonyl (C=O) groups excluding carboxylic acids is 1. The van der Waals surface area contributed by atoms with Crippen molar-refractivity contribution in [3.05, 3.63) is 48.3 Å². The van der Waals surface area contributed by atoms with Gasteiger partial charge in [0.1, 0.15) is 17.3 Å². The summed E-state index contributed by atoms with van der Waals surface area (Å²) in [6.45, 7) is 1.19. The van der Waals surface area contributed by atoms with Crippen LogP contribution in [0, 0.1) is 5.82 Å².